The van der Waals surface area contributed by atoms with E-state index in [4.69, 9.17) is 27.9 Å². The molecule has 1 rings (SSSR count). The van der Waals surface area contributed by atoms with E-state index in [-0.39, 0.29) is 16.8 Å². The van der Waals surface area contributed by atoms with Crippen LogP contribution in [-0.2, 0) is 14.3 Å². The first-order chi connectivity index (χ1) is 9.70. The average molecular weight is 332 g/mol. The minimum Gasteiger partial charge on any atom is -0.453 e. The van der Waals surface area contributed by atoms with Crippen molar-refractivity contribution in [2.24, 2.45) is 0 Å². The Bertz CT molecular complexity index is 582. The maximum atomic E-state index is 11.8. The van der Waals surface area contributed by atoms with Crippen LogP contribution in [-0.4, -0.2) is 28.5 Å². The molecule has 0 bridgehead atoms. The van der Waals surface area contributed by atoms with E-state index in [1.165, 1.54) is 32.0 Å². The Balaban J connectivity index is 3.02. The van der Waals surface area contributed by atoms with Crippen LogP contribution in [0.4, 0.5) is 5.69 Å². The molecule has 0 heterocycles. The number of halogens is 2. The van der Waals surface area contributed by atoms with Gasteiger partial charge in [-0.15, -0.1) is 0 Å². The highest BCUT2D eigenvalue weighted by Gasteiger charge is 2.17. The van der Waals surface area contributed by atoms with Crippen molar-refractivity contribution in [1.29, 1.82) is 0 Å². The molecular weight excluding hydrogens is 321 g/mol. The number of carbonyl (C=O) groups is 4. The lowest BCUT2D eigenvalue weighted by molar-refractivity contribution is -0.150. The van der Waals surface area contributed by atoms with Gasteiger partial charge in [-0.2, -0.15) is 0 Å². The zero-order valence-electron chi connectivity index (χ0n) is 11.1. The summed E-state index contributed by atoms with van der Waals surface area (Å²) in [5.74, 6) is -1.24. The Labute approximate surface area is 130 Å². The van der Waals surface area contributed by atoms with Crippen molar-refractivity contribution >= 4 is 51.3 Å². The van der Waals surface area contributed by atoms with Crippen molar-refractivity contribution in [1.82, 2.24) is 0 Å². The fraction of sp³-hybridized carbons (Fsp3) is 0.231. The third-order valence-corrected chi connectivity index (χ3v) is 2.80. The zero-order valence-corrected chi connectivity index (χ0v) is 12.6. The molecule has 1 aromatic rings. The van der Waals surface area contributed by atoms with Crippen molar-refractivity contribution in [2.75, 3.05) is 5.32 Å². The number of hydrogen-bond donors (Lipinski definition) is 1. The zero-order chi connectivity index (χ0) is 16.2. The van der Waals surface area contributed by atoms with Gasteiger partial charge in [-0.3, -0.25) is 19.2 Å². The molecule has 0 spiro atoms. The number of rotatable bonds is 5. The summed E-state index contributed by atoms with van der Waals surface area (Å²) >= 11 is 10.7. The van der Waals surface area contributed by atoms with E-state index in [0.29, 0.717) is 0 Å². The van der Waals surface area contributed by atoms with Gasteiger partial charge in [0.2, 0.25) is 0 Å². The molecule has 1 amide bonds. The van der Waals surface area contributed by atoms with E-state index in [9.17, 15) is 19.2 Å². The van der Waals surface area contributed by atoms with Gasteiger partial charge >= 0.3 is 5.97 Å². The number of hydrogen-bond acceptors (Lipinski definition) is 5. The second-order valence-electron chi connectivity index (χ2n) is 4.09. The van der Waals surface area contributed by atoms with E-state index in [0.717, 1.165) is 0 Å². The molecule has 1 N–H and O–H groups in total. The van der Waals surface area contributed by atoms with E-state index >= 15 is 0 Å². The summed E-state index contributed by atoms with van der Waals surface area (Å²) in [5, 5.41) is 0.785. The van der Waals surface area contributed by atoms with Crippen LogP contribution in [0, 0.1) is 0 Å². The Kier molecular flexibility index (Phi) is 5.87. The molecule has 0 radical (unpaired) electrons. The summed E-state index contributed by atoms with van der Waals surface area (Å²) in [6.45, 7) is 2.54. The molecular formula is C13H11Cl2NO5. The topological polar surface area (TPSA) is 89.5 Å². The Morgan fingerprint density at radius 3 is 1.90 bits per heavy atom. The average Bonchev–Trinajstić information content (AvgIpc) is 2.37. The lowest BCUT2D eigenvalue weighted by Crippen LogP contribution is -2.29. The van der Waals surface area contributed by atoms with Gasteiger partial charge in [0.05, 0.1) is 0 Å². The fourth-order valence-corrected chi connectivity index (χ4v) is 1.69. The second kappa shape index (κ2) is 7.19. The summed E-state index contributed by atoms with van der Waals surface area (Å²) in [6, 6.07) is 3.75. The molecule has 0 saturated carbocycles. The molecule has 0 fully saturated rings. The Morgan fingerprint density at radius 1 is 1.05 bits per heavy atom. The van der Waals surface area contributed by atoms with Crippen LogP contribution in [0.3, 0.4) is 0 Å². The Hall–Kier alpha value is -1.92. The maximum absolute atomic E-state index is 11.8. The number of ether oxygens (including phenoxy) is 1. The number of carbonyl (C=O) groups excluding carboxylic acids is 4. The second-order valence-corrected chi connectivity index (χ2v) is 4.77. The lowest BCUT2D eigenvalue weighted by Gasteiger charge is -2.13. The summed E-state index contributed by atoms with van der Waals surface area (Å²) in [5.41, 5.74) is 0.131. The summed E-state index contributed by atoms with van der Waals surface area (Å²) < 4.78 is 4.70. The first kappa shape index (κ1) is 17.1. The molecule has 0 aliphatic heterocycles. The van der Waals surface area contributed by atoms with Crippen molar-refractivity contribution in [2.45, 2.75) is 20.0 Å². The molecule has 0 aliphatic rings. The molecule has 0 aliphatic carbocycles. The molecule has 8 heteroatoms. The SMILES string of the molecule is CC(=O)O[C@@H](C)C(=O)Nc1cc(C(=O)Cl)cc(C(=O)Cl)c1. The summed E-state index contributed by atoms with van der Waals surface area (Å²) in [4.78, 5) is 44.9. The van der Waals surface area contributed by atoms with Crippen LogP contribution in [0.5, 0.6) is 0 Å². The van der Waals surface area contributed by atoms with Gasteiger partial charge < -0.3 is 10.1 Å². The first-order valence-electron chi connectivity index (χ1n) is 5.73. The van der Waals surface area contributed by atoms with Gasteiger partial charge in [-0.05, 0) is 48.3 Å². The molecule has 1 atom stereocenters. The maximum Gasteiger partial charge on any atom is 0.303 e. The van der Waals surface area contributed by atoms with Gasteiger partial charge in [0.25, 0.3) is 16.4 Å². The highest BCUT2D eigenvalue weighted by Crippen LogP contribution is 2.19. The van der Waals surface area contributed by atoms with Crippen molar-refractivity contribution < 1.29 is 23.9 Å². The third kappa shape index (κ3) is 5.17. The van der Waals surface area contributed by atoms with Crippen LogP contribution >= 0.6 is 23.2 Å². The van der Waals surface area contributed by atoms with E-state index < -0.39 is 28.5 Å². The van der Waals surface area contributed by atoms with E-state index in [2.05, 4.69) is 5.32 Å². The number of esters is 1. The molecule has 21 heavy (non-hydrogen) atoms. The number of nitrogens with one attached hydrogen (secondary N) is 1. The van der Waals surface area contributed by atoms with Crippen molar-refractivity contribution in [3.8, 4) is 0 Å². The van der Waals surface area contributed by atoms with Crippen molar-refractivity contribution in [3.05, 3.63) is 29.3 Å². The predicted molar refractivity (Wildman–Crippen MR) is 76.7 cm³/mol. The normalized spacial score (nSPS) is 11.4. The van der Waals surface area contributed by atoms with E-state index in [1.54, 1.807) is 0 Å². The lowest BCUT2D eigenvalue weighted by atomic mass is 10.1. The monoisotopic (exact) mass is 331 g/mol. The largest absolute Gasteiger partial charge is 0.453 e. The number of amides is 1. The standard InChI is InChI=1S/C13H11Cl2NO5/c1-6(21-7(2)17)13(20)16-10-4-8(11(14)18)3-9(5-10)12(15)19/h3-6H,1-2H3,(H,16,20)/t6-/m0/s1. The van der Waals surface area contributed by atoms with E-state index in [1.807, 2.05) is 0 Å². The third-order valence-electron chi connectivity index (χ3n) is 2.37. The molecule has 0 saturated heterocycles. The van der Waals surface area contributed by atoms with Gasteiger partial charge in [0.1, 0.15) is 0 Å². The predicted octanol–water partition coefficient (Wildman–Crippen LogP) is 2.33. The minimum atomic E-state index is -1.03. The van der Waals surface area contributed by atoms with Crippen molar-refractivity contribution in [3.63, 3.8) is 0 Å². The summed E-state index contributed by atoms with van der Waals surface area (Å²) in [7, 11) is 0. The minimum absolute atomic E-state index is 0.00129. The molecule has 6 nitrogen and oxygen atoms in total. The first-order valence-corrected chi connectivity index (χ1v) is 6.49. The van der Waals surface area contributed by atoms with Crippen LogP contribution in [0.1, 0.15) is 34.6 Å². The van der Waals surface area contributed by atoms with Gasteiger partial charge in [-0.25, -0.2) is 0 Å². The molecule has 0 unspecified atom stereocenters. The van der Waals surface area contributed by atoms with Gasteiger partial charge in [0, 0.05) is 23.7 Å². The van der Waals surface area contributed by atoms with Gasteiger partial charge in [0.15, 0.2) is 6.10 Å². The summed E-state index contributed by atoms with van der Waals surface area (Å²) in [6.07, 6.45) is -1.03. The van der Waals surface area contributed by atoms with Gasteiger partial charge in [-0.1, -0.05) is 0 Å². The van der Waals surface area contributed by atoms with Crippen LogP contribution < -0.4 is 5.32 Å². The molecule has 112 valence electrons. The fourth-order valence-electron chi connectivity index (χ4n) is 1.47. The Morgan fingerprint density at radius 2 is 1.52 bits per heavy atom. The highest BCUT2D eigenvalue weighted by molar-refractivity contribution is 6.69. The molecule has 1 aromatic carbocycles. The van der Waals surface area contributed by atoms with Crippen LogP contribution in [0.25, 0.3) is 0 Å². The number of benzene rings is 1. The number of anilines is 1. The highest BCUT2D eigenvalue weighted by atomic mass is 35.5. The quantitative estimate of drug-likeness (QED) is 0.660. The van der Waals surface area contributed by atoms with Crippen LogP contribution in [0.15, 0.2) is 18.2 Å². The molecule has 0 aromatic heterocycles. The van der Waals surface area contributed by atoms with Crippen LogP contribution in [0.2, 0.25) is 0 Å². The smallest absolute Gasteiger partial charge is 0.303 e.